The number of hydrogen-bond acceptors (Lipinski definition) is 4. The van der Waals surface area contributed by atoms with E-state index in [1.54, 1.807) is 7.11 Å². The monoisotopic (exact) mass is 344 g/mol. The Labute approximate surface area is 130 Å². The van der Waals surface area contributed by atoms with Crippen LogP contribution in [0.4, 0.5) is 0 Å². The van der Waals surface area contributed by atoms with Crippen molar-refractivity contribution in [3.05, 3.63) is 34.3 Å². The van der Waals surface area contributed by atoms with Crippen molar-refractivity contribution in [3.63, 3.8) is 0 Å². The van der Waals surface area contributed by atoms with Gasteiger partial charge in [0.2, 0.25) is 0 Å². The van der Waals surface area contributed by atoms with E-state index in [2.05, 4.69) is 39.9 Å². The van der Waals surface area contributed by atoms with E-state index in [0.29, 0.717) is 13.2 Å². The summed E-state index contributed by atoms with van der Waals surface area (Å²) in [4.78, 5) is 2.20. The Morgan fingerprint density at radius 3 is 2.45 bits per heavy atom. The molecule has 2 unspecified atom stereocenters. The SMILES string of the molecule is CCC(N)C(c1ccc(Br)cc1)N(CCO)CCOC. The van der Waals surface area contributed by atoms with E-state index in [4.69, 9.17) is 10.5 Å². The first kappa shape index (κ1) is 17.6. The van der Waals surface area contributed by atoms with Crippen LogP contribution < -0.4 is 5.73 Å². The Morgan fingerprint density at radius 1 is 1.30 bits per heavy atom. The summed E-state index contributed by atoms with van der Waals surface area (Å²) in [7, 11) is 1.69. The predicted molar refractivity (Wildman–Crippen MR) is 85.7 cm³/mol. The Balaban J connectivity index is 2.98. The normalized spacial score (nSPS) is 14.5. The molecule has 0 aliphatic rings. The van der Waals surface area contributed by atoms with Crippen molar-refractivity contribution in [1.82, 2.24) is 4.90 Å². The molecule has 0 aromatic heterocycles. The average Bonchev–Trinajstić information content (AvgIpc) is 2.46. The Morgan fingerprint density at radius 2 is 1.95 bits per heavy atom. The third kappa shape index (κ3) is 5.14. The molecule has 0 spiro atoms. The lowest BCUT2D eigenvalue weighted by atomic mass is 9.96. The molecule has 20 heavy (non-hydrogen) atoms. The second-order valence-corrected chi connectivity index (χ2v) is 5.74. The number of nitrogens with zero attached hydrogens (tertiary/aromatic N) is 1. The molecule has 0 aliphatic carbocycles. The summed E-state index contributed by atoms with van der Waals surface area (Å²) < 4.78 is 6.22. The first-order valence-corrected chi connectivity index (χ1v) is 7.78. The number of aliphatic hydroxyl groups is 1. The molecule has 114 valence electrons. The van der Waals surface area contributed by atoms with Crippen LogP contribution in [0, 0.1) is 0 Å². The van der Waals surface area contributed by atoms with Crippen molar-refractivity contribution >= 4 is 15.9 Å². The standard InChI is InChI=1S/C15H25BrN2O2/c1-3-14(17)15(12-4-6-13(16)7-5-12)18(8-10-19)9-11-20-2/h4-7,14-15,19H,3,8-11,17H2,1-2H3. The summed E-state index contributed by atoms with van der Waals surface area (Å²) in [6, 6.07) is 8.34. The molecule has 1 aromatic carbocycles. The van der Waals surface area contributed by atoms with Gasteiger partial charge in [-0.3, -0.25) is 4.90 Å². The van der Waals surface area contributed by atoms with E-state index in [0.717, 1.165) is 17.4 Å². The fraction of sp³-hybridized carbons (Fsp3) is 0.600. The van der Waals surface area contributed by atoms with Gasteiger partial charge in [0.25, 0.3) is 0 Å². The molecule has 0 amide bonds. The van der Waals surface area contributed by atoms with Gasteiger partial charge < -0.3 is 15.6 Å². The molecule has 0 radical (unpaired) electrons. The lowest BCUT2D eigenvalue weighted by Gasteiger charge is -2.35. The van der Waals surface area contributed by atoms with Crippen molar-refractivity contribution in [2.45, 2.75) is 25.4 Å². The fourth-order valence-electron chi connectivity index (χ4n) is 2.34. The Bertz CT molecular complexity index is 373. The molecule has 0 aliphatic heterocycles. The molecular formula is C15H25BrN2O2. The number of aliphatic hydroxyl groups excluding tert-OH is 1. The van der Waals surface area contributed by atoms with Crippen LogP contribution in [0.3, 0.4) is 0 Å². The zero-order valence-electron chi connectivity index (χ0n) is 12.3. The van der Waals surface area contributed by atoms with E-state index >= 15 is 0 Å². The fourth-order valence-corrected chi connectivity index (χ4v) is 2.60. The van der Waals surface area contributed by atoms with Crippen molar-refractivity contribution in [1.29, 1.82) is 0 Å². The topological polar surface area (TPSA) is 58.7 Å². The van der Waals surface area contributed by atoms with Crippen molar-refractivity contribution in [2.75, 3.05) is 33.4 Å². The summed E-state index contributed by atoms with van der Waals surface area (Å²) >= 11 is 3.45. The van der Waals surface area contributed by atoms with Gasteiger partial charge in [-0.05, 0) is 24.1 Å². The number of ether oxygens (including phenoxy) is 1. The third-order valence-corrected chi connectivity index (χ3v) is 3.98. The summed E-state index contributed by atoms with van der Waals surface area (Å²) in [5.41, 5.74) is 7.49. The predicted octanol–water partition coefficient (Wildman–Crippen LogP) is 2.17. The molecule has 0 saturated carbocycles. The van der Waals surface area contributed by atoms with Gasteiger partial charge >= 0.3 is 0 Å². The number of methoxy groups -OCH3 is 1. The molecule has 2 atom stereocenters. The molecular weight excluding hydrogens is 320 g/mol. The summed E-state index contributed by atoms with van der Waals surface area (Å²) in [6.07, 6.45) is 0.885. The number of halogens is 1. The molecule has 3 N–H and O–H groups in total. The lowest BCUT2D eigenvalue weighted by Crippen LogP contribution is -2.43. The van der Waals surface area contributed by atoms with Crippen LogP contribution in [0.1, 0.15) is 24.9 Å². The van der Waals surface area contributed by atoms with Gasteiger partial charge in [0.15, 0.2) is 0 Å². The van der Waals surface area contributed by atoms with E-state index < -0.39 is 0 Å². The maximum Gasteiger partial charge on any atom is 0.0589 e. The number of rotatable bonds is 9. The highest BCUT2D eigenvalue weighted by Crippen LogP contribution is 2.26. The quantitative estimate of drug-likeness (QED) is 0.720. The highest BCUT2D eigenvalue weighted by atomic mass is 79.9. The Kier molecular flexibility index (Phi) is 8.33. The van der Waals surface area contributed by atoms with Crippen LogP contribution in [0.2, 0.25) is 0 Å². The van der Waals surface area contributed by atoms with Gasteiger partial charge in [0, 0.05) is 30.7 Å². The van der Waals surface area contributed by atoms with E-state index in [-0.39, 0.29) is 18.7 Å². The number of nitrogens with two attached hydrogens (primary N) is 1. The van der Waals surface area contributed by atoms with Gasteiger partial charge in [0.05, 0.1) is 19.3 Å². The largest absolute Gasteiger partial charge is 0.395 e. The number of benzene rings is 1. The summed E-state index contributed by atoms with van der Waals surface area (Å²) in [6.45, 7) is 4.18. The second kappa shape index (κ2) is 9.47. The van der Waals surface area contributed by atoms with Crippen molar-refractivity contribution in [2.24, 2.45) is 5.73 Å². The molecule has 0 heterocycles. The van der Waals surface area contributed by atoms with E-state index in [9.17, 15) is 5.11 Å². The molecule has 0 fully saturated rings. The average molecular weight is 345 g/mol. The van der Waals surface area contributed by atoms with Crippen LogP contribution in [0.15, 0.2) is 28.7 Å². The first-order valence-electron chi connectivity index (χ1n) is 6.98. The molecule has 5 heteroatoms. The second-order valence-electron chi connectivity index (χ2n) is 4.82. The molecule has 1 rings (SSSR count). The Hall–Kier alpha value is -0.460. The lowest BCUT2D eigenvalue weighted by molar-refractivity contribution is 0.0899. The molecule has 0 saturated heterocycles. The first-order chi connectivity index (χ1) is 9.63. The van der Waals surface area contributed by atoms with Gasteiger partial charge in [0.1, 0.15) is 0 Å². The maximum atomic E-state index is 9.30. The third-order valence-electron chi connectivity index (χ3n) is 3.45. The highest BCUT2D eigenvalue weighted by Gasteiger charge is 2.25. The van der Waals surface area contributed by atoms with Crippen molar-refractivity contribution < 1.29 is 9.84 Å². The minimum Gasteiger partial charge on any atom is -0.395 e. The zero-order valence-corrected chi connectivity index (χ0v) is 13.8. The van der Waals surface area contributed by atoms with Crippen LogP contribution in [-0.4, -0.2) is 49.5 Å². The molecule has 1 aromatic rings. The van der Waals surface area contributed by atoms with E-state index in [1.165, 1.54) is 5.56 Å². The van der Waals surface area contributed by atoms with Crippen LogP contribution in [0.5, 0.6) is 0 Å². The molecule has 0 bridgehead atoms. The van der Waals surface area contributed by atoms with Gasteiger partial charge in [-0.25, -0.2) is 0 Å². The van der Waals surface area contributed by atoms with Crippen LogP contribution in [-0.2, 0) is 4.74 Å². The van der Waals surface area contributed by atoms with Gasteiger partial charge in [-0.2, -0.15) is 0 Å². The van der Waals surface area contributed by atoms with Crippen LogP contribution >= 0.6 is 15.9 Å². The smallest absolute Gasteiger partial charge is 0.0589 e. The zero-order chi connectivity index (χ0) is 15.0. The summed E-state index contributed by atoms with van der Waals surface area (Å²) in [5, 5.41) is 9.30. The minimum atomic E-state index is 0.0274. The van der Waals surface area contributed by atoms with Crippen LogP contribution in [0.25, 0.3) is 0 Å². The van der Waals surface area contributed by atoms with Gasteiger partial charge in [-0.15, -0.1) is 0 Å². The number of hydrogen-bond donors (Lipinski definition) is 2. The maximum absolute atomic E-state index is 9.30. The van der Waals surface area contributed by atoms with Gasteiger partial charge in [-0.1, -0.05) is 35.0 Å². The highest BCUT2D eigenvalue weighted by molar-refractivity contribution is 9.10. The van der Waals surface area contributed by atoms with Crippen molar-refractivity contribution in [3.8, 4) is 0 Å². The van der Waals surface area contributed by atoms with E-state index in [1.807, 2.05) is 12.1 Å². The summed E-state index contributed by atoms with van der Waals surface area (Å²) in [5.74, 6) is 0. The minimum absolute atomic E-state index is 0.0274. The molecule has 4 nitrogen and oxygen atoms in total.